The minimum absolute atomic E-state index is 0.0366. The van der Waals surface area contributed by atoms with E-state index in [0.29, 0.717) is 19.8 Å². The molecule has 1 heterocycles. The highest BCUT2D eigenvalue weighted by Gasteiger charge is 2.26. The molecule has 0 spiro atoms. The molecule has 3 unspecified atom stereocenters. The van der Waals surface area contributed by atoms with E-state index in [4.69, 9.17) is 18.9 Å². The van der Waals surface area contributed by atoms with Gasteiger partial charge in [0.1, 0.15) is 5.75 Å². The second-order valence-electron chi connectivity index (χ2n) is 6.96. The lowest BCUT2D eigenvalue weighted by Crippen LogP contribution is -2.39. The van der Waals surface area contributed by atoms with E-state index in [0.717, 1.165) is 30.8 Å². The number of carbonyl (C=O) groups excluding carboxylic acids is 2. The number of ether oxygens (including phenoxy) is 4. The van der Waals surface area contributed by atoms with Crippen LogP contribution in [0.2, 0.25) is 0 Å². The van der Waals surface area contributed by atoms with Gasteiger partial charge in [0, 0.05) is 20.2 Å². The van der Waals surface area contributed by atoms with Crippen molar-refractivity contribution in [3.05, 3.63) is 29.8 Å². The van der Waals surface area contributed by atoms with E-state index in [1.54, 1.807) is 20.9 Å². The second kappa shape index (κ2) is 11.0. The van der Waals surface area contributed by atoms with Crippen LogP contribution in [0.4, 0.5) is 0 Å². The zero-order valence-corrected chi connectivity index (χ0v) is 17.2. The van der Waals surface area contributed by atoms with Crippen molar-refractivity contribution in [2.75, 3.05) is 26.9 Å². The van der Waals surface area contributed by atoms with E-state index < -0.39 is 18.2 Å². The molecule has 1 aliphatic rings. The van der Waals surface area contributed by atoms with Crippen molar-refractivity contribution in [1.82, 2.24) is 4.90 Å². The highest BCUT2D eigenvalue weighted by atomic mass is 16.6. The van der Waals surface area contributed by atoms with Crippen molar-refractivity contribution in [2.45, 2.75) is 58.5 Å². The van der Waals surface area contributed by atoms with Gasteiger partial charge in [-0.2, -0.15) is 0 Å². The third kappa shape index (κ3) is 6.80. The van der Waals surface area contributed by atoms with Crippen LogP contribution in [-0.4, -0.2) is 62.0 Å². The van der Waals surface area contributed by atoms with Crippen molar-refractivity contribution in [1.29, 1.82) is 0 Å². The molecule has 1 aliphatic heterocycles. The van der Waals surface area contributed by atoms with Crippen LogP contribution in [0.5, 0.6) is 5.75 Å². The monoisotopic (exact) mass is 393 g/mol. The zero-order chi connectivity index (χ0) is 20.5. The molecule has 1 fully saturated rings. The Kier molecular flexibility index (Phi) is 8.73. The molecule has 1 aromatic rings. The third-order valence-corrected chi connectivity index (χ3v) is 4.56. The first-order valence-corrected chi connectivity index (χ1v) is 9.81. The smallest absolute Gasteiger partial charge is 0.335 e. The summed E-state index contributed by atoms with van der Waals surface area (Å²) in [5.74, 6) is -0.0265. The third-order valence-electron chi connectivity index (χ3n) is 4.56. The number of hydrogen-bond acceptors (Lipinski definition) is 6. The molecule has 7 nitrogen and oxygen atoms in total. The van der Waals surface area contributed by atoms with Crippen LogP contribution in [0, 0.1) is 0 Å². The number of rotatable bonds is 10. The van der Waals surface area contributed by atoms with Crippen LogP contribution in [0.1, 0.15) is 39.2 Å². The summed E-state index contributed by atoms with van der Waals surface area (Å²) in [6.07, 6.45) is 0.367. The van der Waals surface area contributed by atoms with Crippen LogP contribution in [0.25, 0.3) is 0 Å². The number of carbonyl (C=O) groups is 2. The van der Waals surface area contributed by atoms with Crippen LogP contribution in [-0.2, 0) is 30.3 Å². The van der Waals surface area contributed by atoms with Gasteiger partial charge in [0.2, 0.25) is 0 Å². The Morgan fingerprint density at radius 1 is 1.21 bits per heavy atom. The Balaban J connectivity index is 1.77. The molecule has 7 heteroatoms. The normalized spacial score (nSPS) is 18.4. The SMILES string of the molecule is CCOc1ccc(CN(C)C(=O)C(C)OC(=O)C(C)OCC2CCCO2)cc1. The maximum Gasteiger partial charge on any atom is 0.335 e. The van der Waals surface area contributed by atoms with Gasteiger partial charge in [-0.3, -0.25) is 4.79 Å². The van der Waals surface area contributed by atoms with Crippen molar-refractivity contribution in [3.63, 3.8) is 0 Å². The summed E-state index contributed by atoms with van der Waals surface area (Å²) >= 11 is 0. The van der Waals surface area contributed by atoms with E-state index >= 15 is 0 Å². The number of amides is 1. The second-order valence-corrected chi connectivity index (χ2v) is 6.96. The first-order chi connectivity index (χ1) is 13.4. The molecule has 0 radical (unpaired) electrons. The van der Waals surface area contributed by atoms with Crippen molar-refractivity contribution in [2.24, 2.45) is 0 Å². The summed E-state index contributed by atoms with van der Waals surface area (Å²) in [4.78, 5) is 26.2. The minimum Gasteiger partial charge on any atom is -0.494 e. The topological polar surface area (TPSA) is 74.3 Å². The first-order valence-electron chi connectivity index (χ1n) is 9.81. The zero-order valence-electron chi connectivity index (χ0n) is 17.2. The summed E-state index contributed by atoms with van der Waals surface area (Å²) in [6.45, 7) is 7.24. The fraction of sp³-hybridized carbons (Fsp3) is 0.619. The van der Waals surface area contributed by atoms with Crippen LogP contribution < -0.4 is 4.74 Å². The van der Waals surface area contributed by atoms with Gasteiger partial charge in [0.05, 0.1) is 19.3 Å². The number of esters is 1. The Morgan fingerprint density at radius 3 is 2.54 bits per heavy atom. The summed E-state index contributed by atoms with van der Waals surface area (Å²) in [6, 6.07) is 7.56. The first kappa shape index (κ1) is 22.2. The largest absolute Gasteiger partial charge is 0.494 e. The Hall–Kier alpha value is -2.12. The molecule has 1 aromatic carbocycles. The summed E-state index contributed by atoms with van der Waals surface area (Å²) < 4.78 is 21.7. The number of nitrogens with zero attached hydrogens (tertiary/aromatic N) is 1. The van der Waals surface area contributed by atoms with Gasteiger partial charge in [0.15, 0.2) is 12.2 Å². The maximum atomic E-state index is 12.5. The highest BCUT2D eigenvalue weighted by molar-refractivity contribution is 5.84. The lowest BCUT2D eigenvalue weighted by Gasteiger charge is -2.23. The maximum absolute atomic E-state index is 12.5. The highest BCUT2D eigenvalue weighted by Crippen LogP contribution is 2.15. The van der Waals surface area contributed by atoms with Gasteiger partial charge in [-0.25, -0.2) is 4.79 Å². The van der Waals surface area contributed by atoms with Crippen molar-refractivity contribution < 1.29 is 28.5 Å². The van der Waals surface area contributed by atoms with Gasteiger partial charge in [-0.1, -0.05) is 12.1 Å². The predicted molar refractivity (Wildman–Crippen MR) is 104 cm³/mol. The Labute approximate surface area is 166 Å². The summed E-state index contributed by atoms with van der Waals surface area (Å²) in [5, 5.41) is 0. The molecule has 1 saturated heterocycles. The molecule has 1 amide bonds. The lowest BCUT2D eigenvalue weighted by atomic mass is 10.2. The van der Waals surface area contributed by atoms with Gasteiger partial charge in [0.25, 0.3) is 5.91 Å². The molecule has 0 bridgehead atoms. The quantitative estimate of drug-likeness (QED) is 0.569. The van der Waals surface area contributed by atoms with E-state index in [2.05, 4.69) is 0 Å². The average Bonchev–Trinajstić information content (AvgIpc) is 3.20. The Morgan fingerprint density at radius 2 is 1.93 bits per heavy atom. The van der Waals surface area contributed by atoms with Crippen molar-refractivity contribution >= 4 is 11.9 Å². The summed E-state index contributed by atoms with van der Waals surface area (Å²) in [5.41, 5.74) is 0.964. The molecular weight excluding hydrogens is 362 g/mol. The molecule has 0 aliphatic carbocycles. The molecule has 0 saturated carbocycles. The van der Waals surface area contributed by atoms with Gasteiger partial charge in [-0.05, 0) is 51.3 Å². The van der Waals surface area contributed by atoms with E-state index in [1.165, 1.54) is 4.90 Å². The minimum atomic E-state index is -0.881. The van der Waals surface area contributed by atoms with Crippen LogP contribution in [0.15, 0.2) is 24.3 Å². The predicted octanol–water partition coefficient (Wildman–Crippen LogP) is 2.56. The van der Waals surface area contributed by atoms with Gasteiger partial charge in [-0.15, -0.1) is 0 Å². The number of likely N-dealkylation sites (N-methyl/N-ethyl adjacent to an activating group) is 1. The molecule has 28 heavy (non-hydrogen) atoms. The molecule has 156 valence electrons. The van der Waals surface area contributed by atoms with Crippen molar-refractivity contribution in [3.8, 4) is 5.75 Å². The van der Waals surface area contributed by atoms with Crippen LogP contribution >= 0.6 is 0 Å². The van der Waals surface area contributed by atoms with E-state index in [9.17, 15) is 9.59 Å². The molecule has 0 N–H and O–H groups in total. The van der Waals surface area contributed by atoms with Crippen LogP contribution in [0.3, 0.4) is 0 Å². The van der Waals surface area contributed by atoms with Gasteiger partial charge < -0.3 is 23.8 Å². The molecule has 3 atom stereocenters. The fourth-order valence-corrected chi connectivity index (χ4v) is 2.94. The molecule has 0 aromatic heterocycles. The standard InChI is InChI=1S/C21H31NO6/c1-5-25-18-10-8-17(9-11-18)13-22(4)20(23)15(2)28-21(24)16(3)27-14-19-7-6-12-26-19/h8-11,15-16,19H,5-7,12-14H2,1-4H3. The Bertz CT molecular complexity index is 626. The molecular formula is C21H31NO6. The lowest BCUT2D eigenvalue weighted by molar-refractivity contribution is -0.169. The number of hydrogen-bond donors (Lipinski definition) is 0. The fourth-order valence-electron chi connectivity index (χ4n) is 2.94. The number of benzene rings is 1. The van der Waals surface area contributed by atoms with Gasteiger partial charge >= 0.3 is 5.97 Å². The molecule has 2 rings (SSSR count). The average molecular weight is 393 g/mol. The summed E-state index contributed by atoms with van der Waals surface area (Å²) in [7, 11) is 1.68. The van der Waals surface area contributed by atoms with E-state index in [1.807, 2.05) is 31.2 Å². The van der Waals surface area contributed by atoms with E-state index in [-0.39, 0.29) is 12.0 Å².